The van der Waals surface area contributed by atoms with E-state index in [1.54, 1.807) is 17.3 Å². The van der Waals surface area contributed by atoms with Crippen LogP contribution < -0.4 is 0 Å². The second-order valence-corrected chi connectivity index (χ2v) is 5.09. The Morgan fingerprint density at radius 2 is 2.18 bits per heavy atom. The molecule has 1 amide bonds. The number of hydrogen-bond donors (Lipinski definition) is 2. The fourth-order valence-electron chi connectivity index (χ4n) is 2.45. The van der Waals surface area contributed by atoms with Gasteiger partial charge in [0.05, 0.1) is 6.61 Å². The highest BCUT2D eigenvalue weighted by molar-refractivity contribution is 5.97. The third-order valence-electron chi connectivity index (χ3n) is 3.56. The van der Waals surface area contributed by atoms with Gasteiger partial charge in [-0.3, -0.25) is 9.78 Å². The fourth-order valence-corrected chi connectivity index (χ4v) is 2.45. The first-order valence-electron chi connectivity index (χ1n) is 7.14. The number of aliphatic hydroxyl groups excluding tert-OH is 1. The van der Waals surface area contributed by atoms with Crippen molar-refractivity contribution in [1.29, 1.82) is 0 Å². The Labute approximate surface area is 128 Å². The van der Waals surface area contributed by atoms with E-state index >= 15 is 0 Å². The summed E-state index contributed by atoms with van der Waals surface area (Å²) in [6.45, 7) is 0.642. The molecule has 0 saturated heterocycles. The average Bonchev–Trinajstić information content (AvgIpc) is 3.02. The van der Waals surface area contributed by atoms with Gasteiger partial charge in [-0.1, -0.05) is 12.1 Å². The second-order valence-electron chi connectivity index (χ2n) is 5.09. The lowest BCUT2D eigenvalue weighted by atomic mass is 10.1. The molecule has 0 atom stereocenters. The van der Waals surface area contributed by atoms with Crippen LogP contribution in [-0.2, 0) is 6.54 Å². The first kappa shape index (κ1) is 14.3. The van der Waals surface area contributed by atoms with Crippen molar-refractivity contribution in [2.45, 2.75) is 6.54 Å². The number of aromatic nitrogens is 2. The van der Waals surface area contributed by atoms with Gasteiger partial charge in [-0.25, -0.2) is 0 Å². The lowest BCUT2D eigenvalue weighted by molar-refractivity contribution is 0.0708. The van der Waals surface area contributed by atoms with E-state index in [4.69, 9.17) is 0 Å². The number of fused-ring (bicyclic) bond motifs is 1. The van der Waals surface area contributed by atoms with Crippen LogP contribution in [0.5, 0.6) is 0 Å². The van der Waals surface area contributed by atoms with Gasteiger partial charge in [0.25, 0.3) is 5.91 Å². The number of aromatic amines is 1. The number of carbonyl (C=O) groups is 1. The Bertz CT molecular complexity index is 768. The number of hydrogen-bond acceptors (Lipinski definition) is 3. The molecule has 2 N–H and O–H groups in total. The van der Waals surface area contributed by atoms with Crippen molar-refractivity contribution in [3.8, 4) is 0 Å². The number of pyridine rings is 1. The van der Waals surface area contributed by atoms with Gasteiger partial charge in [-0.2, -0.15) is 0 Å². The molecule has 2 heterocycles. The molecule has 0 radical (unpaired) electrons. The first-order chi connectivity index (χ1) is 10.8. The summed E-state index contributed by atoms with van der Waals surface area (Å²) in [4.78, 5) is 21.5. The molecule has 0 spiro atoms. The molecule has 0 aliphatic carbocycles. The summed E-state index contributed by atoms with van der Waals surface area (Å²) >= 11 is 0. The highest BCUT2D eigenvalue weighted by Crippen LogP contribution is 2.16. The topological polar surface area (TPSA) is 69.2 Å². The third-order valence-corrected chi connectivity index (χ3v) is 3.56. The predicted octanol–water partition coefficient (Wildman–Crippen LogP) is 2.20. The molecule has 1 aromatic carbocycles. The Hall–Kier alpha value is -2.66. The molecule has 5 heteroatoms. The van der Waals surface area contributed by atoms with Gasteiger partial charge in [0.15, 0.2) is 0 Å². The largest absolute Gasteiger partial charge is 0.395 e. The average molecular weight is 295 g/mol. The number of nitrogens with one attached hydrogen (secondary N) is 1. The van der Waals surface area contributed by atoms with Crippen LogP contribution in [0.3, 0.4) is 0 Å². The Morgan fingerprint density at radius 3 is 2.95 bits per heavy atom. The molecule has 0 fully saturated rings. The summed E-state index contributed by atoms with van der Waals surface area (Å²) in [6.07, 6.45) is 5.27. The van der Waals surface area contributed by atoms with Gasteiger partial charge < -0.3 is 15.0 Å². The Balaban J connectivity index is 1.85. The van der Waals surface area contributed by atoms with E-state index < -0.39 is 0 Å². The van der Waals surface area contributed by atoms with Crippen LogP contribution in [0.15, 0.2) is 55.0 Å². The number of aliphatic hydroxyl groups is 1. The van der Waals surface area contributed by atoms with E-state index in [0.717, 1.165) is 16.5 Å². The van der Waals surface area contributed by atoms with Crippen molar-refractivity contribution in [3.63, 3.8) is 0 Å². The number of H-pyrrole nitrogens is 1. The van der Waals surface area contributed by atoms with Gasteiger partial charge in [0.1, 0.15) is 0 Å². The molecule has 3 rings (SSSR count). The zero-order chi connectivity index (χ0) is 15.4. The molecule has 0 unspecified atom stereocenters. The van der Waals surface area contributed by atoms with Gasteiger partial charge in [0, 0.05) is 42.8 Å². The maximum Gasteiger partial charge on any atom is 0.254 e. The smallest absolute Gasteiger partial charge is 0.254 e. The second kappa shape index (κ2) is 6.41. The SMILES string of the molecule is O=C(c1ccc2cc[nH]c2c1)N(CCO)Cc1cccnc1. The maximum absolute atomic E-state index is 12.7. The standard InChI is InChI=1S/C17H17N3O2/c21-9-8-20(12-13-2-1-6-18-11-13)17(22)15-4-3-14-5-7-19-16(14)10-15/h1-7,10-11,19,21H,8-9,12H2. The molecule has 0 aliphatic rings. The zero-order valence-electron chi connectivity index (χ0n) is 12.1. The van der Waals surface area contributed by atoms with Crippen LogP contribution in [-0.4, -0.2) is 39.0 Å². The van der Waals surface area contributed by atoms with Gasteiger partial charge in [-0.05, 0) is 35.2 Å². The van der Waals surface area contributed by atoms with Crippen LogP contribution >= 0.6 is 0 Å². The van der Waals surface area contributed by atoms with Crippen molar-refractivity contribution in [2.24, 2.45) is 0 Å². The van der Waals surface area contributed by atoms with Gasteiger partial charge in [0.2, 0.25) is 0 Å². The third kappa shape index (κ3) is 2.99. The molecule has 5 nitrogen and oxygen atoms in total. The predicted molar refractivity (Wildman–Crippen MR) is 84.4 cm³/mol. The van der Waals surface area contributed by atoms with Crippen molar-refractivity contribution in [3.05, 3.63) is 66.1 Å². The summed E-state index contributed by atoms with van der Waals surface area (Å²) in [5.74, 6) is -0.102. The monoisotopic (exact) mass is 295 g/mol. The van der Waals surface area contributed by atoms with E-state index in [1.165, 1.54) is 0 Å². The maximum atomic E-state index is 12.7. The van der Waals surface area contributed by atoms with E-state index in [2.05, 4.69) is 9.97 Å². The van der Waals surface area contributed by atoms with Crippen LogP contribution in [0.4, 0.5) is 0 Å². The summed E-state index contributed by atoms with van der Waals surface area (Å²) < 4.78 is 0. The number of rotatable bonds is 5. The lowest BCUT2D eigenvalue weighted by Crippen LogP contribution is -2.33. The minimum atomic E-state index is -0.102. The molecule has 0 bridgehead atoms. The number of nitrogens with zero attached hydrogens (tertiary/aromatic N) is 2. The lowest BCUT2D eigenvalue weighted by Gasteiger charge is -2.22. The number of amides is 1. The minimum absolute atomic E-state index is 0.0727. The van der Waals surface area contributed by atoms with Crippen molar-refractivity contribution in [1.82, 2.24) is 14.9 Å². The summed E-state index contributed by atoms with van der Waals surface area (Å²) in [6, 6.07) is 11.3. The van der Waals surface area contributed by atoms with E-state index in [9.17, 15) is 9.90 Å². The molecular formula is C17H17N3O2. The van der Waals surface area contributed by atoms with Crippen LogP contribution in [0.2, 0.25) is 0 Å². The summed E-state index contributed by atoms with van der Waals surface area (Å²) in [5, 5.41) is 10.3. The number of benzene rings is 1. The summed E-state index contributed by atoms with van der Waals surface area (Å²) in [7, 11) is 0. The summed E-state index contributed by atoms with van der Waals surface area (Å²) in [5.41, 5.74) is 2.47. The minimum Gasteiger partial charge on any atom is -0.395 e. The molecule has 0 saturated carbocycles. The van der Waals surface area contributed by atoms with E-state index in [1.807, 2.05) is 42.6 Å². The Morgan fingerprint density at radius 1 is 1.27 bits per heavy atom. The Kier molecular flexibility index (Phi) is 4.16. The van der Waals surface area contributed by atoms with Gasteiger partial charge in [-0.15, -0.1) is 0 Å². The van der Waals surface area contributed by atoms with Crippen LogP contribution in [0.25, 0.3) is 10.9 Å². The van der Waals surface area contributed by atoms with Crippen molar-refractivity contribution >= 4 is 16.8 Å². The molecule has 3 aromatic rings. The first-order valence-corrected chi connectivity index (χ1v) is 7.14. The normalized spacial score (nSPS) is 10.8. The van der Waals surface area contributed by atoms with Crippen LogP contribution in [0.1, 0.15) is 15.9 Å². The number of carbonyl (C=O) groups excluding carboxylic acids is 1. The quantitative estimate of drug-likeness (QED) is 0.758. The molecular weight excluding hydrogens is 278 g/mol. The van der Waals surface area contributed by atoms with E-state index in [0.29, 0.717) is 12.1 Å². The van der Waals surface area contributed by atoms with Crippen molar-refractivity contribution in [2.75, 3.05) is 13.2 Å². The highest BCUT2D eigenvalue weighted by atomic mass is 16.3. The molecule has 22 heavy (non-hydrogen) atoms. The molecule has 0 aliphatic heterocycles. The fraction of sp³-hybridized carbons (Fsp3) is 0.176. The highest BCUT2D eigenvalue weighted by Gasteiger charge is 2.16. The van der Waals surface area contributed by atoms with Gasteiger partial charge >= 0.3 is 0 Å². The van der Waals surface area contributed by atoms with Crippen molar-refractivity contribution < 1.29 is 9.90 Å². The molecule has 2 aromatic heterocycles. The zero-order valence-corrected chi connectivity index (χ0v) is 12.1. The van der Waals surface area contributed by atoms with E-state index in [-0.39, 0.29) is 19.1 Å². The molecule has 112 valence electrons. The van der Waals surface area contributed by atoms with Crippen LogP contribution in [0, 0.1) is 0 Å².